The van der Waals surface area contributed by atoms with E-state index in [2.05, 4.69) is 10.4 Å². The summed E-state index contributed by atoms with van der Waals surface area (Å²) in [4.78, 5) is 27.1. The molecule has 0 bridgehead atoms. The van der Waals surface area contributed by atoms with Crippen LogP contribution in [0.15, 0.2) is 47.5 Å². The second kappa shape index (κ2) is 9.13. The molecule has 10 heteroatoms. The van der Waals surface area contributed by atoms with Gasteiger partial charge in [0.1, 0.15) is 23.1 Å². The van der Waals surface area contributed by atoms with Crippen LogP contribution in [0, 0.1) is 6.92 Å². The second-order valence-electron chi connectivity index (χ2n) is 6.99. The van der Waals surface area contributed by atoms with Crippen molar-refractivity contribution in [2.24, 2.45) is 0 Å². The zero-order valence-electron chi connectivity index (χ0n) is 17.7. The van der Waals surface area contributed by atoms with Gasteiger partial charge in [0.15, 0.2) is 0 Å². The Labute approximate surface area is 194 Å². The van der Waals surface area contributed by atoms with Crippen LogP contribution in [0.1, 0.15) is 5.69 Å². The molecule has 0 saturated heterocycles. The molecule has 0 aliphatic carbocycles. The summed E-state index contributed by atoms with van der Waals surface area (Å²) in [5, 5.41) is 8.55. The zero-order valence-corrected chi connectivity index (χ0v) is 19.3. The van der Waals surface area contributed by atoms with Crippen molar-refractivity contribution in [2.75, 3.05) is 36.7 Å². The van der Waals surface area contributed by atoms with Crippen molar-refractivity contribution in [3.8, 4) is 17.2 Å². The van der Waals surface area contributed by atoms with E-state index in [0.717, 1.165) is 10.7 Å². The largest absolute Gasteiger partial charge is 0.495 e. The fourth-order valence-corrected chi connectivity index (χ4v) is 4.79. The minimum atomic E-state index is -0.386. The van der Waals surface area contributed by atoms with Gasteiger partial charge in [-0.3, -0.25) is 14.5 Å². The normalized spacial score (nSPS) is 13.0. The van der Waals surface area contributed by atoms with Crippen LogP contribution in [-0.2, 0) is 9.59 Å². The number of ether oxygens (including phenoxy) is 2. The number of aromatic nitrogens is 2. The SMILES string of the molecule is COc1cc(OC)c(NC(=O)CN2C(=O)CSc3c2c(C)nn3-c2ccccc2)cc1Cl. The standard InChI is InChI=1S/C22H21ClN4O4S/c1-13-21-22(27(25-13)14-7-5-4-6-8-14)32-12-20(29)26(21)11-19(28)24-16-9-15(23)17(30-2)10-18(16)31-3/h4-10H,11-12H2,1-3H3,(H,24,28). The summed E-state index contributed by atoms with van der Waals surface area (Å²) in [7, 11) is 2.98. The van der Waals surface area contributed by atoms with Crippen LogP contribution in [0.25, 0.3) is 5.69 Å². The highest BCUT2D eigenvalue weighted by Gasteiger charge is 2.32. The lowest BCUT2D eigenvalue weighted by atomic mass is 10.2. The zero-order chi connectivity index (χ0) is 22.8. The lowest BCUT2D eigenvalue weighted by molar-refractivity contribution is -0.120. The number of fused-ring (bicyclic) bond motifs is 1. The number of benzene rings is 2. The van der Waals surface area contributed by atoms with Gasteiger partial charge < -0.3 is 14.8 Å². The molecule has 166 valence electrons. The Morgan fingerprint density at radius 3 is 2.59 bits per heavy atom. The number of halogens is 1. The third kappa shape index (κ3) is 4.13. The Hall–Kier alpha value is -3.17. The Bertz CT molecular complexity index is 1180. The van der Waals surface area contributed by atoms with Crippen LogP contribution < -0.4 is 19.7 Å². The Kier molecular flexibility index (Phi) is 6.29. The topological polar surface area (TPSA) is 85.7 Å². The molecule has 4 rings (SSSR count). The number of aryl methyl sites for hydroxylation is 1. The molecule has 0 radical (unpaired) electrons. The summed E-state index contributed by atoms with van der Waals surface area (Å²) in [5.41, 5.74) is 2.59. The molecule has 0 unspecified atom stereocenters. The maximum Gasteiger partial charge on any atom is 0.244 e. The lowest BCUT2D eigenvalue weighted by Gasteiger charge is -2.27. The van der Waals surface area contributed by atoms with Crippen LogP contribution in [0.3, 0.4) is 0 Å². The number of carbonyl (C=O) groups excluding carboxylic acids is 2. The van der Waals surface area contributed by atoms with Gasteiger partial charge in [0.2, 0.25) is 11.8 Å². The average molecular weight is 473 g/mol. The van der Waals surface area contributed by atoms with Gasteiger partial charge in [-0.25, -0.2) is 4.68 Å². The van der Waals surface area contributed by atoms with Crippen molar-refractivity contribution in [3.05, 3.63) is 53.2 Å². The van der Waals surface area contributed by atoms with Crippen LogP contribution >= 0.6 is 23.4 Å². The first-order chi connectivity index (χ1) is 15.4. The van der Waals surface area contributed by atoms with E-state index in [4.69, 9.17) is 21.1 Å². The number of nitrogens with zero attached hydrogens (tertiary/aromatic N) is 3. The number of carbonyl (C=O) groups is 2. The number of methoxy groups -OCH3 is 2. The van der Waals surface area contributed by atoms with Gasteiger partial charge in [0, 0.05) is 6.07 Å². The van der Waals surface area contributed by atoms with Gasteiger partial charge in [0.05, 0.1) is 47.8 Å². The third-order valence-corrected chi connectivity index (χ3v) is 6.27. The molecule has 0 fully saturated rings. The van der Waals surface area contributed by atoms with Crippen LogP contribution in [0.5, 0.6) is 11.5 Å². The summed E-state index contributed by atoms with van der Waals surface area (Å²) in [6.07, 6.45) is 0. The molecular formula is C22H21ClN4O4S. The maximum atomic E-state index is 12.9. The molecule has 8 nitrogen and oxygen atoms in total. The Morgan fingerprint density at radius 1 is 1.19 bits per heavy atom. The summed E-state index contributed by atoms with van der Waals surface area (Å²) in [5.74, 6) is 0.499. The molecule has 1 N–H and O–H groups in total. The van der Waals surface area contributed by atoms with E-state index in [1.807, 2.05) is 37.3 Å². The fraction of sp³-hybridized carbons (Fsp3) is 0.227. The number of nitrogens with one attached hydrogen (secondary N) is 1. The van der Waals surface area contributed by atoms with Gasteiger partial charge in [-0.05, 0) is 25.1 Å². The van der Waals surface area contributed by atoms with Crippen molar-refractivity contribution < 1.29 is 19.1 Å². The van der Waals surface area contributed by atoms with E-state index >= 15 is 0 Å². The monoisotopic (exact) mass is 472 g/mol. The number of rotatable bonds is 6. The number of para-hydroxylation sites is 1. The van der Waals surface area contributed by atoms with Crippen molar-refractivity contribution in [1.82, 2.24) is 9.78 Å². The molecule has 1 aliphatic heterocycles. The van der Waals surface area contributed by atoms with Gasteiger partial charge in [-0.1, -0.05) is 41.6 Å². The van der Waals surface area contributed by atoms with Crippen LogP contribution in [0.4, 0.5) is 11.4 Å². The number of amides is 2. The smallest absolute Gasteiger partial charge is 0.244 e. The van der Waals surface area contributed by atoms with Gasteiger partial charge >= 0.3 is 0 Å². The molecule has 0 atom stereocenters. The number of thioether (sulfide) groups is 1. The van der Waals surface area contributed by atoms with Crippen molar-refractivity contribution in [2.45, 2.75) is 11.9 Å². The number of anilines is 2. The van der Waals surface area contributed by atoms with Crippen molar-refractivity contribution >= 4 is 46.6 Å². The van der Waals surface area contributed by atoms with E-state index in [9.17, 15) is 9.59 Å². The maximum absolute atomic E-state index is 12.9. The molecule has 0 saturated carbocycles. The first-order valence-electron chi connectivity index (χ1n) is 9.72. The van der Waals surface area contributed by atoms with E-state index in [1.54, 1.807) is 16.8 Å². The second-order valence-corrected chi connectivity index (χ2v) is 8.36. The Morgan fingerprint density at radius 2 is 1.91 bits per heavy atom. The summed E-state index contributed by atoms with van der Waals surface area (Å²) in [6.45, 7) is 1.66. The minimum absolute atomic E-state index is 0.159. The molecule has 3 aromatic rings. The highest BCUT2D eigenvalue weighted by Crippen LogP contribution is 2.40. The van der Waals surface area contributed by atoms with E-state index < -0.39 is 0 Å². The summed E-state index contributed by atoms with van der Waals surface area (Å²) in [6, 6.07) is 12.8. The highest BCUT2D eigenvalue weighted by molar-refractivity contribution is 8.00. The van der Waals surface area contributed by atoms with Crippen molar-refractivity contribution in [1.29, 1.82) is 0 Å². The summed E-state index contributed by atoms with van der Waals surface area (Å²) >= 11 is 7.61. The Balaban J connectivity index is 1.61. The van der Waals surface area contributed by atoms with Crippen LogP contribution in [0.2, 0.25) is 5.02 Å². The number of hydrogen-bond donors (Lipinski definition) is 1. The predicted molar refractivity (Wildman–Crippen MR) is 125 cm³/mol. The fourth-order valence-electron chi connectivity index (χ4n) is 3.47. The van der Waals surface area contributed by atoms with E-state index in [-0.39, 0.29) is 24.1 Å². The van der Waals surface area contributed by atoms with E-state index in [1.165, 1.54) is 30.9 Å². The summed E-state index contributed by atoms with van der Waals surface area (Å²) < 4.78 is 12.3. The molecule has 32 heavy (non-hydrogen) atoms. The quantitative estimate of drug-likeness (QED) is 0.585. The van der Waals surface area contributed by atoms with Crippen LogP contribution in [-0.4, -0.2) is 48.1 Å². The van der Waals surface area contributed by atoms with Gasteiger partial charge in [-0.2, -0.15) is 5.10 Å². The number of hydrogen-bond acceptors (Lipinski definition) is 6. The first kappa shape index (κ1) is 22.0. The molecular weight excluding hydrogens is 452 g/mol. The molecule has 2 aromatic carbocycles. The lowest BCUT2D eigenvalue weighted by Crippen LogP contribution is -2.41. The van der Waals surface area contributed by atoms with E-state index in [0.29, 0.717) is 33.6 Å². The van der Waals surface area contributed by atoms with Gasteiger partial charge in [0.25, 0.3) is 0 Å². The first-order valence-corrected chi connectivity index (χ1v) is 11.1. The molecule has 1 aromatic heterocycles. The minimum Gasteiger partial charge on any atom is -0.495 e. The molecule has 2 amide bonds. The third-order valence-electron chi connectivity index (χ3n) is 4.94. The highest BCUT2D eigenvalue weighted by atomic mass is 35.5. The van der Waals surface area contributed by atoms with Crippen molar-refractivity contribution in [3.63, 3.8) is 0 Å². The van der Waals surface area contributed by atoms with Gasteiger partial charge in [-0.15, -0.1) is 0 Å². The molecule has 2 heterocycles. The predicted octanol–water partition coefficient (Wildman–Crippen LogP) is 3.93. The molecule has 1 aliphatic rings. The molecule has 0 spiro atoms. The average Bonchev–Trinajstić information content (AvgIpc) is 3.13.